The van der Waals surface area contributed by atoms with Crippen molar-refractivity contribution in [2.75, 3.05) is 7.11 Å². The van der Waals surface area contributed by atoms with Crippen molar-refractivity contribution in [3.63, 3.8) is 0 Å². The topological polar surface area (TPSA) is 106 Å². The van der Waals surface area contributed by atoms with Gasteiger partial charge in [0.05, 0.1) is 0 Å². The molecule has 3 aromatic carbocycles. The van der Waals surface area contributed by atoms with E-state index < -0.39 is 36.2 Å². The van der Waals surface area contributed by atoms with Gasteiger partial charge >= 0.3 is 6.09 Å². The van der Waals surface area contributed by atoms with Crippen molar-refractivity contribution in [2.24, 2.45) is 0 Å². The average Bonchev–Trinajstić information content (AvgIpc) is 2.91. The number of methoxy groups -OCH3 is 1. The lowest BCUT2D eigenvalue weighted by Gasteiger charge is -2.24. The average molecular weight is 490 g/mol. The Bertz CT molecular complexity index is 1110. The highest BCUT2D eigenvalue weighted by molar-refractivity contribution is 5.91. The Kier molecular flexibility index (Phi) is 10.0. The summed E-state index contributed by atoms with van der Waals surface area (Å²) < 4.78 is 10.6. The molecule has 188 valence electrons. The van der Waals surface area contributed by atoms with Crippen LogP contribution in [0.3, 0.4) is 0 Å². The molecular weight excluding hydrogens is 458 g/mol. The van der Waals surface area contributed by atoms with E-state index in [-0.39, 0.29) is 13.0 Å². The smallest absolute Gasteiger partial charge is 0.408 e. The van der Waals surface area contributed by atoms with E-state index in [2.05, 4.69) is 16.0 Å². The third-order valence-corrected chi connectivity index (χ3v) is 5.47. The van der Waals surface area contributed by atoms with Gasteiger partial charge in [0.25, 0.3) is 0 Å². The predicted molar refractivity (Wildman–Crippen MR) is 136 cm³/mol. The van der Waals surface area contributed by atoms with Crippen molar-refractivity contribution in [2.45, 2.75) is 38.3 Å². The molecule has 3 aromatic rings. The van der Waals surface area contributed by atoms with Crippen molar-refractivity contribution in [3.8, 4) is 0 Å². The number of benzene rings is 3. The molecule has 0 saturated heterocycles. The second-order valence-corrected chi connectivity index (χ2v) is 8.21. The van der Waals surface area contributed by atoms with E-state index in [1.807, 2.05) is 91.0 Å². The first-order valence-corrected chi connectivity index (χ1v) is 11.7. The lowest BCUT2D eigenvalue weighted by Crippen LogP contribution is -2.54. The van der Waals surface area contributed by atoms with E-state index >= 15 is 0 Å². The number of carbonyl (C=O) groups is 3. The minimum absolute atomic E-state index is 0.0813. The summed E-state index contributed by atoms with van der Waals surface area (Å²) in [5.41, 5.74) is 2.47. The highest BCUT2D eigenvalue weighted by Crippen LogP contribution is 2.14. The normalized spacial score (nSPS) is 13.1. The number of hydrogen-bond acceptors (Lipinski definition) is 5. The van der Waals surface area contributed by atoms with Crippen molar-refractivity contribution < 1.29 is 23.9 Å². The Morgan fingerprint density at radius 2 is 1.28 bits per heavy atom. The first-order chi connectivity index (χ1) is 17.5. The van der Waals surface area contributed by atoms with Gasteiger partial charge in [0.15, 0.2) is 6.23 Å². The van der Waals surface area contributed by atoms with Crippen LogP contribution in [0.15, 0.2) is 91.0 Å². The van der Waals surface area contributed by atoms with Crippen LogP contribution in [0.25, 0.3) is 0 Å². The fraction of sp³-hybridized carbons (Fsp3) is 0.250. The van der Waals surface area contributed by atoms with Crippen LogP contribution in [0.5, 0.6) is 0 Å². The van der Waals surface area contributed by atoms with Gasteiger partial charge in [-0.05, 0) is 18.1 Å². The Morgan fingerprint density at radius 1 is 0.722 bits per heavy atom. The molecule has 8 nitrogen and oxygen atoms in total. The molecule has 0 aliphatic carbocycles. The van der Waals surface area contributed by atoms with Gasteiger partial charge in [0, 0.05) is 19.1 Å². The van der Waals surface area contributed by atoms with E-state index in [1.54, 1.807) is 0 Å². The van der Waals surface area contributed by atoms with Crippen LogP contribution in [-0.4, -0.2) is 37.1 Å². The van der Waals surface area contributed by atoms with E-state index in [9.17, 15) is 14.4 Å². The monoisotopic (exact) mass is 489 g/mol. The molecule has 0 bridgehead atoms. The summed E-state index contributed by atoms with van der Waals surface area (Å²) in [7, 11) is 1.50. The maximum Gasteiger partial charge on any atom is 0.408 e. The molecule has 8 heteroatoms. The van der Waals surface area contributed by atoms with Crippen molar-refractivity contribution >= 4 is 17.9 Å². The molecule has 36 heavy (non-hydrogen) atoms. The SMILES string of the molecule is CO[C@@H](NC(=O)[C@H](Cc1ccccc1)NC(=O)[C@H](C)NC(=O)OCc1ccccc1)c1ccccc1. The Balaban J connectivity index is 1.63. The minimum Gasteiger partial charge on any atom is -0.445 e. The lowest BCUT2D eigenvalue weighted by molar-refractivity contribution is -0.132. The number of carbonyl (C=O) groups excluding carboxylic acids is 3. The third-order valence-electron chi connectivity index (χ3n) is 5.47. The second-order valence-electron chi connectivity index (χ2n) is 8.21. The number of hydrogen-bond donors (Lipinski definition) is 3. The molecule has 0 radical (unpaired) electrons. The standard InChI is InChI=1S/C28H31N3O5/c1-20(29-28(34)36-19-22-14-8-4-9-15-22)25(32)30-24(18-21-12-6-3-7-13-21)26(33)31-27(35-2)23-16-10-5-11-17-23/h3-17,20,24,27H,18-19H2,1-2H3,(H,29,34)(H,30,32)(H,31,33)/t20-,24-,27+/m0/s1. The molecule has 0 unspecified atom stereocenters. The molecule has 0 fully saturated rings. The van der Waals surface area contributed by atoms with Crippen LogP contribution >= 0.6 is 0 Å². The molecule has 3 amide bonds. The Labute approximate surface area is 211 Å². The summed E-state index contributed by atoms with van der Waals surface area (Å²) in [5.74, 6) is -0.932. The van der Waals surface area contributed by atoms with Gasteiger partial charge < -0.3 is 25.4 Å². The number of rotatable bonds is 11. The fourth-order valence-corrected chi connectivity index (χ4v) is 3.50. The quantitative estimate of drug-likeness (QED) is 0.358. The molecule has 0 aromatic heterocycles. The van der Waals surface area contributed by atoms with E-state index in [0.29, 0.717) is 0 Å². The summed E-state index contributed by atoms with van der Waals surface area (Å²) in [5, 5.41) is 8.09. The van der Waals surface area contributed by atoms with Gasteiger partial charge in [0.1, 0.15) is 18.7 Å². The van der Waals surface area contributed by atoms with Gasteiger partial charge in [-0.15, -0.1) is 0 Å². The highest BCUT2D eigenvalue weighted by atomic mass is 16.5. The molecule has 0 heterocycles. The Hall–Kier alpha value is -4.17. The summed E-state index contributed by atoms with van der Waals surface area (Å²) in [4.78, 5) is 38.3. The first kappa shape index (κ1) is 26.4. The first-order valence-electron chi connectivity index (χ1n) is 11.7. The van der Waals surface area contributed by atoms with Gasteiger partial charge in [-0.3, -0.25) is 9.59 Å². The van der Waals surface area contributed by atoms with Gasteiger partial charge in [-0.1, -0.05) is 91.0 Å². The van der Waals surface area contributed by atoms with E-state index in [1.165, 1.54) is 14.0 Å². The van der Waals surface area contributed by atoms with Crippen LogP contribution in [0.1, 0.15) is 29.8 Å². The van der Waals surface area contributed by atoms with Crippen LogP contribution < -0.4 is 16.0 Å². The van der Waals surface area contributed by atoms with Gasteiger partial charge in [-0.2, -0.15) is 0 Å². The van der Waals surface area contributed by atoms with E-state index in [4.69, 9.17) is 9.47 Å². The molecule has 3 rings (SSSR count). The summed E-state index contributed by atoms with van der Waals surface area (Å²) in [6.45, 7) is 1.61. The molecule has 0 spiro atoms. The fourth-order valence-electron chi connectivity index (χ4n) is 3.50. The largest absolute Gasteiger partial charge is 0.445 e. The highest BCUT2D eigenvalue weighted by Gasteiger charge is 2.27. The maximum absolute atomic E-state index is 13.2. The van der Waals surface area contributed by atoms with Crippen LogP contribution in [0.2, 0.25) is 0 Å². The van der Waals surface area contributed by atoms with Crippen molar-refractivity contribution in [3.05, 3.63) is 108 Å². The van der Waals surface area contributed by atoms with Gasteiger partial charge in [-0.25, -0.2) is 4.79 Å². The number of nitrogens with one attached hydrogen (secondary N) is 3. The van der Waals surface area contributed by atoms with Crippen LogP contribution in [0, 0.1) is 0 Å². The van der Waals surface area contributed by atoms with Gasteiger partial charge in [0.2, 0.25) is 11.8 Å². The maximum atomic E-state index is 13.2. The molecule has 0 saturated carbocycles. The zero-order valence-corrected chi connectivity index (χ0v) is 20.3. The summed E-state index contributed by atoms with van der Waals surface area (Å²) in [6, 6.07) is 26.0. The number of alkyl carbamates (subject to hydrolysis) is 1. The van der Waals surface area contributed by atoms with Crippen LogP contribution in [0.4, 0.5) is 4.79 Å². The molecule has 3 N–H and O–H groups in total. The predicted octanol–water partition coefficient (Wildman–Crippen LogP) is 3.49. The number of amides is 3. The summed E-state index contributed by atoms with van der Waals surface area (Å²) >= 11 is 0. The molecule has 3 atom stereocenters. The Morgan fingerprint density at radius 3 is 1.86 bits per heavy atom. The molecular formula is C28H31N3O5. The van der Waals surface area contributed by atoms with Crippen molar-refractivity contribution in [1.29, 1.82) is 0 Å². The third kappa shape index (κ3) is 8.25. The second kappa shape index (κ2) is 13.7. The zero-order valence-electron chi connectivity index (χ0n) is 20.3. The zero-order chi connectivity index (χ0) is 25.8. The number of ether oxygens (including phenoxy) is 2. The van der Waals surface area contributed by atoms with E-state index in [0.717, 1.165) is 16.7 Å². The van der Waals surface area contributed by atoms with Crippen LogP contribution in [-0.2, 0) is 32.1 Å². The minimum atomic E-state index is -0.924. The lowest BCUT2D eigenvalue weighted by atomic mass is 10.0. The molecule has 0 aliphatic heterocycles. The molecule has 0 aliphatic rings. The summed E-state index contributed by atoms with van der Waals surface area (Å²) in [6.07, 6.45) is -1.15. The van der Waals surface area contributed by atoms with Crippen molar-refractivity contribution in [1.82, 2.24) is 16.0 Å².